The fourth-order valence-corrected chi connectivity index (χ4v) is 8.93. The number of nitrogens with one attached hydrogen (secondary N) is 1. The quantitative estimate of drug-likeness (QED) is 0.668. The lowest BCUT2D eigenvalue weighted by molar-refractivity contribution is -0.141. The zero-order chi connectivity index (χ0) is 19.4. The zero-order valence-electron chi connectivity index (χ0n) is 16.2. The van der Waals surface area contributed by atoms with Gasteiger partial charge in [-0.1, -0.05) is 15.9 Å². The summed E-state index contributed by atoms with van der Waals surface area (Å²) in [5, 5.41) is 5.41. The molecule has 1 N–H and O–H groups in total. The normalized spacial score (nSPS) is 39.2. The van der Waals surface area contributed by atoms with E-state index in [-0.39, 0.29) is 27.5 Å². The molecule has 6 rings (SSSR count). The number of hydrogen-bond donors (Lipinski definition) is 1. The fraction of sp³-hybridized carbons (Fsp3) is 0.762. The molecule has 0 spiro atoms. The van der Waals surface area contributed by atoms with Crippen LogP contribution in [0.4, 0.5) is 5.13 Å². The Labute approximate surface area is 178 Å². The molecule has 2 amide bonds. The second-order valence-corrected chi connectivity index (χ2v) is 12.4. The smallest absolute Gasteiger partial charge is 0.231 e. The highest BCUT2D eigenvalue weighted by Gasteiger charge is 2.57. The fourth-order valence-electron chi connectivity index (χ4n) is 6.89. The molecule has 1 aromatic rings. The van der Waals surface area contributed by atoms with Crippen molar-refractivity contribution in [3.8, 4) is 0 Å². The van der Waals surface area contributed by atoms with Crippen LogP contribution in [0.5, 0.6) is 0 Å². The third-order valence-corrected chi connectivity index (χ3v) is 9.06. The molecule has 5 fully saturated rings. The topological polar surface area (TPSA) is 62.3 Å². The lowest BCUT2D eigenvalue weighted by Crippen LogP contribution is -2.54. The molecule has 1 aliphatic heterocycles. The van der Waals surface area contributed by atoms with Gasteiger partial charge in [0.25, 0.3) is 0 Å². The summed E-state index contributed by atoms with van der Waals surface area (Å²) in [5.41, 5.74) is 0.195. The summed E-state index contributed by atoms with van der Waals surface area (Å²) in [7, 11) is 0. The minimum atomic E-state index is -0.125. The van der Waals surface area contributed by atoms with Crippen LogP contribution in [-0.2, 0) is 9.59 Å². The van der Waals surface area contributed by atoms with Crippen LogP contribution in [0.1, 0.15) is 57.8 Å². The first kappa shape index (κ1) is 19.0. The predicted octanol–water partition coefficient (Wildman–Crippen LogP) is 4.44. The lowest BCUT2D eigenvalue weighted by Gasteiger charge is -2.60. The Morgan fingerprint density at radius 3 is 2.75 bits per heavy atom. The number of piperidine rings is 1. The number of carbonyl (C=O) groups is 2. The number of thiazole rings is 1. The van der Waals surface area contributed by atoms with Gasteiger partial charge in [0.1, 0.15) is 0 Å². The van der Waals surface area contributed by atoms with Crippen molar-refractivity contribution in [2.75, 3.05) is 18.4 Å². The highest BCUT2D eigenvalue weighted by Crippen LogP contribution is 2.65. The van der Waals surface area contributed by atoms with Gasteiger partial charge in [-0.2, -0.15) is 0 Å². The Kier molecular flexibility index (Phi) is 4.81. The van der Waals surface area contributed by atoms with Crippen molar-refractivity contribution in [1.29, 1.82) is 0 Å². The van der Waals surface area contributed by atoms with Crippen molar-refractivity contribution in [1.82, 2.24) is 9.88 Å². The van der Waals surface area contributed by atoms with Gasteiger partial charge in [-0.05, 0) is 68.6 Å². The summed E-state index contributed by atoms with van der Waals surface area (Å²) in [4.78, 5) is 31.9. The summed E-state index contributed by atoms with van der Waals surface area (Å²) in [6.07, 6.45) is 11.7. The van der Waals surface area contributed by atoms with Crippen LogP contribution in [0.3, 0.4) is 0 Å². The Morgan fingerprint density at radius 2 is 2.07 bits per heavy atom. The average molecular weight is 466 g/mol. The second kappa shape index (κ2) is 7.08. The third kappa shape index (κ3) is 3.64. The molecule has 2 heterocycles. The molecule has 0 aromatic carbocycles. The molecule has 5 nitrogen and oxygen atoms in total. The molecular weight excluding hydrogens is 438 g/mol. The summed E-state index contributed by atoms with van der Waals surface area (Å²) in [6, 6.07) is 0. The minimum absolute atomic E-state index is 0.00154. The van der Waals surface area contributed by atoms with Gasteiger partial charge in [0, 0.05) is 35.4 Å². The Morgan fingerprint density at radius 1 is 1.29 bits per heavy atom. The number of aromatic nitrogens is 1. The van der Waals surface area contributed by atoms with E-state index in [9.17, 15) is 9.59 Å². The lowest BCUT2D eigenvalue weighted by atomic mass is 9.48. The predicted molar refractivity (Wildman–Crippen MR) is 113 cm³/mol. The standard InChI is InChI=1S/C21H28BrN3O2S/c22-21-9-14-6-15(10-21)8-20(7-14,13-21)11-17(26)25-4-1-2-16(12-25)18(27)24-19-23-3-5-28-19/h3,5,14-16H,1-2,4,6-13H2,(H,23,24,27). The molecule has 7 heteroatoms. The highest BCUT2D eigenvalue weighted by molar-refractivity contribution is 9.10. The van der Waals surface area contributed by atoms with Crippen LogP contribution in [-0.4, -0.2) is 39.1 Å². The average Bonchev–Trinajstić information content (AvgIpc) is 3.12. The first-order valence-corrected chi connectivity index (χ1v) is 12.3. The van der Waals surface area contributed by atoms with Gasteiger partial charge in [-0.3, -0.25) is 9.59 Å². The van der Waals surface area contributed by atoms with Crippen LogP contribution < -0.4 is 5.32 Å². The summed E-state index contributed by atoms with van der Waals surface area (Å²) >= 11 is 5.48. The van der Waals surface area contributed by atoms with Crippen molar-refractivity contribution in [3.63, 3.8) is 0 Å². The van der Waals surface area contributed by atoms with Crippen LogP contribution in [0, 0.1) is 23.2 Å². The minimum Gasteiger partial charge on any atom is -0.342 e. The molecule has 5 aliphatic rings. The summed E-state index contributed by atoms with van der Waals surface area (Å²) < 4.78 is 0.287. The van der Waals surface area contributed by atoms with E-state index in [1.807, 2.05) is 10.3 Å². The molecule has 3 unspecified atom stereocenters. The first-order valence-electron chi connectivity index (χ1n) is 10.6. The van der Waals surface area contributed by atoms with E-state index in [1.54, 1.807) is 6.20 Å². The largest absolute Gasteiger partial charge is 0.342 e. The molecule has 4 bridgehead atoms. The van der Waals surface area contributed by atoms with E-state index in [0.717, 1.165) is 37.6 Å². The van der Waals surface area contributed by atoms with Crippen molar-refractivity contribution >= 4 is 44.2 Å². The number of hydrogen-bond acceptors (Lipinski definition) is 4. The molecule has 4 saturated carbocycles. The molecular formula is C21H28BrN3O2S. The van der Waals surface area contributed by atoms with Crippen molar-refractivity contribution in [3.05, 3.63) is 11.6 Å². The highest BCUT2D eigenvalue weighted by atomic mass is 79.9. The van der Waals surface area contributed by atoms with Crippen molar-refractivity contribution in [2.24, 2.45) is 23.2 Å². The Bertz CT molecular complexity index is 754. The monoisotopic (exact) mass is 465 g/mol. The van der Waals surface area contributed by atoms with Gasteiger partial charge >= 0.3 is 0 Å². The molecule has 4 aliphatic carbocycles. The maximum absolute atomic E-state index is 13.2. The van der Waals surface area contributed by atoms with Gasteiger partial charge in [-0.25, -0.2) is 4.98 Å². The first-order chi connectivity index (χ1) is 13.4. The molecule has 3 atom stereocenters. The van der Waals surface area contributed by atoms with Crippen molar-refractivity contribution < 1.29 is 9.59 Å². The van der Waals surface area contributed by atoms with Crippen LogP contribution in [0.15, 0.2) is 11.6 Å². The van der Waals surface area contributed by atoms with Crippen molar-refractivity contribution in [2.45, 2.75) is 62.1 Å². The second-order valence-electron chi connectivity index (χ2n) is 9.79. The van der Waals surface area contributed by atoms with E-state index in [1.165, 1.54) is 43.4 Å². The van der Waals surface area contributed by atoms with Crippen LogP contribution in [0.2, 0.25) is 0 Å². The van der Waals surface area contributed by atoms with Gasteiger partial charge < -0.3 is 10.2 Å². The number of alkyl halides is 1. The Hall–Kier alpha value is -0.950. The summed E-state index contributed by atoms with van der Waals surface area (Å²) in [5.74, 6) is 1.74. The van der Waals surface area contributed by atoms with Gasteiger partial charge in [-0.15, -0.1) is 11.3 Å². The maximum atomic E-state index is 13.2. The number of nitrogens with zero attached hydrogens (tertiary/aromatic N) is 2. The van der Waals surface area contributed by atoms with Gasteiger partial charge in [0.15, 0.2) is 5.13 Å². The number of carbonyl (C=O) groups excluding carboxylic acids is 2. The van der Waals surface area contributed by atoms with E-state index < -0.39 is 0 Å². The third-order valence-electron chi connectivity index (χ3n) is 7.44. The van der Waals surface area contributed by atoms with Gasteiger partial charge in [0.2, 0.25) is 11.8 Å². The molecule has 1 saturated heterocycles. The number of rotatable bonds is 4. The Balaban J connectivity index is 1.22. The summed E-state index contributed by atoms with van der Waals surface area (Å²) in [6.45, 7) is 1.35. The van der Waals surface area contributed by atoms with E-state index in [0.29, 0.717) is 18.1 Å². The number of anilines is 1. The van der Waals surface area contributed by atoms with Crippen LogP contribution in [0.25, 0.3) is 0 Å². The van der Waals surface area contributed by atoms with Crippen LogP contribution >= 0.6 is 27.3 Å². The van der Waals surface area contributed by atoms with E-state index in [4.69, 9.17) is 0 Å². The molecule has 28 heavy (non-hydrogen) atoms. The van der Waals surface area contributed by atoms with E-state index in [2.05, 4.69) is 26.2 Å². The van der Waals surface area contributed by atoms with E-state index >= 15 is 0 Å². The molecule has 1 aromatic heterocycles. The molecule has 0 radical (unpaired) electrons. The zero-order valence-corrected chi connectivity index (χ0v) is 18.6. The molecule has 152 valence electrons. The number of amides is 2. The maximum Gasteiger partial charge on any atom is 0.231 e. The number of likely N-dealkylation sites (tertiary alicyclic amines) is 1. The number of halogens is 1. The SMILES string of the molecule is O=C(Nc1nccs1)C1CCCN(C(=O)CC23CC4CC(CC(Br)(C4)C2)C3)C1. The van der Waals surface area contributed by atoms with Gasteiger partial charge in [0.05, 0.1) is 5.92 Å².